The van der Waals surface area contributed by atoms with Gasteiger partial charge in [-0.15, -0.1) is 0 Å². The van der Waals surface area contributed by atoms with Gasteiger partial charge in [0.05, 0.1) is 60.4 Å². The van der Waals surface area contributed by atoms with Crippen LogP contribution < -0.4 is 53.6 Å². The molecule has 1 aromatic carbocycles. The topological polar surface area (TPSA) is 480 Å². The Kier molecular flexibility index (Phi) is 25.6. The molecule has 8 rings (SSSR count). The SMILES string of the molecule is CC[C@H](C)[C@@H]1NC(=O)CNC(=O)[C@H]2Cc3c([nH]c4c(CN5CC[C@@H](CNC(=O)CCCCCNC(=O)C6CCC(CN7C(=O)C=CC7=O)CC6)C5)c(O)ccc34)S(=O)C[C@@H](NC(=O)CNC1=O)C(=O)N[C@@H](CC(N)=O)C(=O)N1C[C@H](O)C[C@H]1C(=O)N[C@@H]([C@H](C)[C@H](O)CO)C(=O)N2. The zero-order chi connectivity index (χ0) is 69.7. The van der Waals surface area contributed by atoms with Crippen molar-refractivity contribution in [2.45, 2.75) is 164 Å². The minimum Gasteiger partial charge on any atom is -0.508 e. The van der Waals surface area contributed by atoms with E-state index in [1.807, 2.05) is 4.90 Å². The summed E-state index contributed by atoms with van der Waals surface area (Å²) < 4.78 is 15.4. The van der Waals surface area contributed by atoms with E-state index in [0.717, 1.165) is 17.7 Å². The normalized spacial score (nSPS) is 27.9. The maximum absolute atomic E-state index is 15.4. The fourth-order valence-electron chi connectivity index (χ4n) is 13.2. The largest absolute Gasteiger partial charge is 0.508 e. The first-order chi connectivity index (χ1) is 45.7. The Morgan fingerprint density at radius 1 is 0.771 bits per heavy atom. The van der Waals surface area contributed by atoms with Crippen molar-refractivity contribution in [3.05, 3.63) is 35.4 Å². The van der Waals surface area contributed by atoms with Crippen molar-refractivity contribution in [2.24, 2.45) is 35.3 Å². The number of fused-ring (bicyclic) bond motifs is 5. The molecule has 5 aliphatic heterocycles. The van der Waals surface area contributed by atoms with Crippen molar-refractivity contribution >= 4 is 98.5 Å². The van der Waals surface area contributed by atoms with Gasteiger partial charge in [0.1, 0.15) is 47.0 Å². The van der Waals surface area contributed by atoms with Crippen molar-refractivity contribution in [2.75, 3.05) is 64.7 Å². The lowest BCUT2D eigenvalue weighted by Gasteiger charge is -2.32. The number of aromatic hydroxyl groups is 1. The predicted molar refractivity (Wildman–Crippen MR) is 341 cm³/mol. The fraction of sp³-hybridized carbons (Fsp3) is 0.635. The van der Waals surface area contributed by atoms with Crippen LogP contribution in [-0.4, -0.2) is 234 Å². The molecule has 0 spiro atoms. The van der Waals surface area contributed by atoms with Crippen LogP contribution in [0.15, 0.2) is 29.3 Å². The lowest BCUT2D eigenvalue weighted by Crippen LogP contribution is -2.62. The first-order valence-electron chi connectivity index (χ1n) is 32.9. The Morgan fingerprint density at radius 2 is 1.47 bits per heavy atom. The number of likely N-dealkylation sites (tertiary alicyclic amines) is 1. The molecule has 0 radical (unpaired) electrons. The van der Waals surface area contributed by atoms with Gasteiger partial charge in [0, 0.05) is 93.5 Å². The van der Waals surface area contributed by atoms with E-state index in [1.54, 1.807) is 13.8 Å². The molecule has 1 unspecified atom stereocenters. The summed E-state index contributed by atoms with van der Waals surface area (Å²) in [5, 5.41) is 67.2. The minimum absolute atomic E-state index is 0.0205. The number of aromatic nitrogens is 1. The van der Waals surface area contributed by atoms with Crippen molar-refractivity contribution in [3.8, 4) is 5.75 Å². The van der Waals surface area contributed by atoms with Gasteiger partial charge in [-0.05, 0) is 86.9 Å². The van der Waals surface area contributed by atoms with Crippen molar-refractivity contribution < 1.29 is 87.0 Å². The molecule has 96 heavy (non-hydrogen) atoms. The van der Waals surface area contributed by atoms with E-state index in [9.17, 15) is 82.8 Å². The molecular weight excluding hydrogens is 1270 g/mol. The molecule has 6 heterocycles. The highest BCUT2D eigenvalue weighted by atomic mass is 32.2. The van der Waals surface area contributed by atoms with Crippen LogP contribution in [0.4, 0.5) is 0 Å². The number of carbonyl (C=O) groups is 13. The number of benzene rings is 1. The van der Waals surface area contributed by atoms with Crippen LogP contribution >= 0.6 is 0 Å². The van der Waals surface area contributed by atoms with E-state index in [1.165, 1.54) is 36.1 Å². The van der Waals surface area contributed by atoms with Crippen molar-refractivity contribution in [3.63, 3.8) is 0 Å². The third-order valence-corrected chi connectivity index (χ3v) is 20.5. The standard InChI is InChI=1S/C63H90N14O18S/c1-4-32(2)53-60(92)68-24-49(84)69-43-31-96(95)62-39(21-41(57(89)67-25-50(85)72-53)70-61(93)54(33(3)46(81)30-78)73-59(91)44-20-37(79)28-76(44)63(94)42(22-47(64)82)71-58(43)90)38-13-14-45(80)40(55(38)74-62)29-75-19-17-35(26-75)23-66-48(83)8-6-5-7-18-65-56(88)36-11-9-34(10-12-36)27-77-51(86)15-16-52(77)87/h13-16,32-37,41-44,46,53-54,74,78-81H,4-12,17-31H2,1-3H3,(H2,64,82)(H,65,88)(H,66,83)(H,67,89)(H,68,92)(H,69,84)(H,70,93)(H,71,90)(H,72,85)(H,73,91)/t32-,33+,34?,35-,36?,37+,41+,42-,43+,44-,46+,53-,54-,96?/m0/s1. The Bertz CT molecular complexity index is 3340. The highest BCUT2D eigenvalue weighted by Crippen LogP contribution is 2.36. The number of hydrogen-bond donors (Lipinski definition) is 15. The summed E-state index contributed by atoms with van der Waals surface area (Å²) in [7, 11) is -2.51. The lowest BCUT2D eigenvalue weighted by atomic mass is 9.81. The molecular formula is C63H90N14O18S. The molecule has 2 saturated heterocycles. The highest BCUT2D eigenvalue weighted by molar-refractivity contribution is 7.85. The summed E-state index contributed by atoms with van der Waals surface area (Å²) in [6, 6.07) is -7.52. The number of rotatable bonds is 20. The van der Waals surface area contributed by atoms with E-state index in [-0.39, 0.29) is 87.2 Å². The van der Waals surface area contributed by atoms with Crippen LogP contribution in [0.3, 0.4) is 0 Å². The number of imide groups is 1. The summed E-state index contributed by atoms with van der Waals surface area (Å²) >= 11 is 0. The number of nitrogens with zero attached hydrogens (tertiary/aromatic N) is 3. The van der Waals surface area contributed by atoms with Gasteiger partial charge < -0.3 is 83.9 Å². The molecule has 2 aromatic rings. The predicted octanol–water partition coefficient (Wildman–Crippen LogP) is -4.57. The monoisotopic (exact) mass is 1360 g/mol. The number of phenolic OH excluding ortho intramolecular Hbond substituents is 1. The number of amides is 13. The fourth-order valence-corrected chi connectivity index (χ4v) is 14.6. The number of aromatic amines is 1. The number of nitrogens with two attached hydrogens (primary N) is 1. The third kappa shape index (κ3) is 18.8. The van der Waals surface area contributed by atoms with Gasteiger partial charge in [0.2, 0.25) is 65.0 Å². The molecule has 3 fully saturated rings. The Labute approximate surface area is 556 Å². The molecule has 2 bridgehead atoms. The van der Waals surface area contributed by atoms with Crippen LogP contribution in [0.2, 0.25) is 0 Å². The summed E-state index contributed by atoms with van der Waals surface area (Å²) in [6.07, 6.45) is 3.55. The van der Waals surface area contributed by atoms with Gasteiger partial charge >= 0.3 is 0 Å². The van der Waals surface area contributed by atoms with Gasteiger partial charge in [-0.2, -0.15) is 0 Å². The number of primary amides is 1. The van der Waals surface area contributed by atoms with Gasteiger partial charge in [-0.25, -0.2) is 0 Å². The summed E-state index contributed by atoms with van der Waals surface area (Å²) in [4.78, 5) is 185. The second-order valence-corrected chi connectivity index (χ2v) is 27.5. The van der Waals surface area contributed by atoms with Crippen LogP contribution in [0.5, 0.6) is 5.75 Å². The van der Waals surface area contributed by atoms with Crippen LogP contribution in [0.1, 0.15) is 109 Å². The van der Waals surface area contributed by atoms with Crippen molar-refractivity contribution in [1.29, 1.82) is 0 Å². The lowest BCUT2D eigenvalue weighted by molar-refractivity contribution is -0.144. The zero-order valence-corrected chi connectivity index (χ0v) is 54.9. The Hall–Kier alpha value is -8.40. The molecule has 32 nitrogen and oxygen atoms in total. The van der Waals surface area contributed by atoms with E-state index in [0.29, 0.717) is 77.7 Å². The summed E-state index contributed by atoms with van der Waals surface area (Å²) in [5.41, 5.74) is 6.10. The molecule has 12 atom stereocenters. The number of nitrogens with one attached hydrogen (secondary N) is 10. The van der Waals surface area contributed by atoms with E-state index in [2.05, 4.69) is 52.8 Å². The number of unbranched alkanes of at least 4 members (excludes halogenated alkanes) is 2. The van der Waals surface area contributed by atoms with Crippen LogP contribution in [-0.2, 0) is 86.1 Å². The van der Waals surface area contributed by atoms with Crippen LogP contribution in [0, 0.1) is 29.6 Å². The number of aliphatic hydroxyl groups excluding tert-OH is 3. The quantitative estimate of drug-likeness (QED) is 0.0438. The summed E-state index contributed by atoms with van der Waals surface area (Å²) in [6.45, 7) is 3.77. The maximum Gasteiger partial charge on any atom is 0.253 e. The minimum atomic E-state index is -2.51. The molecule has 13 amide bonds. The molecule has 6 aliphatic rings. The third-order valence-electron chi connectivity index (χ3n) is 19.1. The second-order valence-electron chi connectivity index (χ2n) is 26.0. The molecule has 1 saturated carbocycles. The number of H-pyrrole nitrogens is 1. The average molecular weight is 1360 g/mol. The van der Waals surface area contributed by atoms with Crippen LogP contribution in [0.25, 0.3) is 10.9 Å². The van der Waals surface area contributed by atoms with E-state index < -0.39 is 176 Å². The summed E-state index contributed by atoms with van der Waals surface area (Å²) in [5.74, 6) is -13.3. The second kappa shape index (κ2) is 33.5. The number of aliphatic hydroxyl groups is 3. The number of phenols is 1. The molecule has 33 heteroatoms. The smallest absolute Gasteiger partial charge is 0.253 e. The molecule has 1 aliphatic carbocycles. The van der Waals surface area contributed by atoms with Crippen molar-refractivity contribution in [1.82, 2.24) is 67.5 Å². The molecule has 526 valence electrons. The zero-order valence-electron chi connectivity index (χ0n) is 54.1. The highest BCUT2D eigenvalue weighted by Gasteiger charge is 2.46. The Balaban J connectivity index is 1.03. The maximum atomic E-state index is 15.4. The first kappa shape index (κ1) is 73.4. The van der Waals surface area contributed by atoms with Gasteiger partial charge in [0.25, 0.3) is 11.8 Å². The Morgan fingerprint density at radius 3 is 2.16 bits per heavy atom. The van der Waals surface area contributed by atoms with Gasteiger partial charge in [0.15, 0.2) is 0 Å². The number of carbonyl (C=O) groups excluding carboxylic acids is 13. The van der Waals surface area contributed by atoms with E-state index in [4.69, 9.17) is 5.73 Å². The molecule has 16 N–H and O–H groups in total. The number of hydrogen-bond acceptors (Lipinski definition) is 19. The van der Waals surface area contributed by atoms with E-state index >= 15 is 4.21 Å². The molecule has 1 aromatic heterocycles. The average Bonchev–Trinajstić information content (AvgIpc) is 1.60. The first-order valence-corrected chi connectivity index (χ1v) is 34.2. The van der Waals surface area contributed by atoms with Gasteiger partial charge in [-0.1, -0.05) is 33.6 Å². The van der Waals surface area contributed by atoms with Gasteiger partial charge in [-0.3, -0.25) is 76.3 Å².